The molecule has 15 nitrogen and oxygen atoms in total. The number of sulfonamides is 2. The summed E-state index contributed by atoms with van der Waals surface area (Å²) in [5, 5.41) is 22.9. The maximum atomic E-state index is 13.3. The Morgan fingerprint density at radius 3 is 1.46 bits per heavy atom. The number of anilines is 2. The molecule has 0 saturated carbocycles. The number of nitrogens with two attached hydrogens (primary N) is 2. The zero-order valence-corrected chi connectivity index (χ0v) is 34.8. The zero-order chi connectivity index (χ0) is 46.7. The first-order chi connectivity index (χ1) is 29.2. The van der Waals surface area contributed by atoms with Gasteiger partial charge in [0.05, 0.1) is 54.8 Å². The van der Waals surface area contributed by atoms with Crippen LogP contribution in [-0.4, -0.2) is 55.3 Å². The minimum atomic E-state index is -4.67. The third-order valence-corrected chi connectivity index (χ3v) is 11.0. The van der Waals surface area contributed by atoms with Gasteiger partial charge >= 0.3 is 12.4 Å². The average Bonchev–Trinajstić information content (AvgIpc) is 3.89. The Kier molecular flexibility index (Phi) is 14.3. The van der Waals surface area contributed by atoms with Crippen molar-refractivity contribution < 1.29 is 61.9 Å². The molecule has 4 aromatic carbocycles. The summed E-state index contributed by atoms with van der Waals surface area (Å²) >= 11 is 12.0. The van der Waals surface area contributed by atoms with E-state index in [1.54, 1.807) is 18.2 Å². The Morgan fingerprint density at radius 1 is 0.667 bits per heavy atom. The summed E-state index contributed by atoms with van der Waals surface area (Å²) in [6.45, 7) is 0. The van der Waals surface area contributed by atoms with Gasteiger partial charge in [0.1, 0.15) is 21.4 Å². The van der Waals surface area contributed by atoms with E-state index in [4.69, 9.17) is 38.2 Å². The monoisotopic (exact) mass is 964 g/mol. The molecule has 2 amide bonds. The molecule has 6 N–H and O–H groups in total. The lowest BCUT2D eigenvalue weighted by Gasteiger charge is -2.12. The van der Waals surface area contributed by atoms with Crippen LogP contribution in [0.5, 0.6) is 5.75 Å². The quantitative estimate of drug-likeness (QED) is 0.0991. The van der Waals surface area contributed by atoms with E-state index in [9.17, 15) is 57.2 Å². The Balaban J connectivity index is 0.000000238. The van der Waals surface area contributed by atoms with E-state index in [0.717, 1.165) is 35.0 Å². The summed E-state index contributed by atoms with van der Waals surface area (Å²) < 4.78 is 145. The molecule has 2 heterocycles. The van der Waals surface area contributed by atoms with Gasteiger partial charge < -0.3 is 15.4 Å². The fourth-order valence-electron chi connectivity index (χ4n) is 5.47. The van der Waals surface area contributed by atoms with Crippen LogP contribution in [0, 0.1) is 5.82 Å². The molecule has 0 atom stereocenters. The highest BCUT2D eigenvalue weighted by atomic mass is 35.5. The van der Waals surface area contributed by atoms with Crippen molar-refractivity contribution in [2.24, 2.45) is 10.3 Å². The number of primary sulfonamides is 2. The highest BCUT2D eigenvalue weighted by Gasteiger charge is 2.34. The minimum absolute atomic E-state index is 0.00602. The van der Waals surface area contributed by atoms with Crippen molar-refractivity contribution in [1.82, 2.24) is 19.6 Å². The topological polar surface area (TPSA) is 223 Å². The number of carbonyl (C=O) groups excluding carboxylic acids is 2. The second kappa shape index (κ2) is 18.7. The summed E-state index contributed by atoms with van der Waals surface area (Å²) in [5.41, 5.74) is -1.87. The van der Waals surface area contributed by atoms with Crippen LogP contribution in [-0.2, 0) is 54.8 Å². The Bertz CT molecular complexity index is 2930. The van der Waals surface area contributed by atoms with E-state index >= 15 is 0 Å². The Hall–Kier alpha value is -6.05. The largest absolute Gasteiger partial charge is 0.497 e. The number of aromatic nitrogens is 4. The number of halogens is 9. The van der Waals surface area contributed by atoms with Gasteiger partial charge in [-0.2, -0.15) is 36.5 Å². The van der Waals surface area contributed by atoms with E-state index in [1.807, 2.05) is 0 Å². The summed E-state index contributed by atoms with van der Waals surface area (Å²) in [5.74, 6) is -1.26. The summed E-state index contributed by atoms with van der Waals surface area (Å²) in [6, 6.07) is 15.2. The average molecular weight is 966 g/mol. The summed E-state index contributed by atoms with van der Waals surface area (Å²) in [4.78, 5) is 23.6. The molecule has 334 valence electrons. The molecule has 0 bridgehead atoms. The molecule has 0 aliphatic heterocycles. The highest BCUT2D eigenvalue weighted by molar-refractivity contribution is 7.89. The van der Waals surface area contributed by atoms with Crippen LogP contribution >= 0.6 is 23.2 Å². The number of nitrogens with one attached hydrogen (secondary N) is 2. The first-order valence-corrected chi connectivity index (χ1v) is 21.0. The van der Waals surface area contributed by atoms with Crippen LogP contribution in [0.15, 0.2) is 107 Å². The predicted octanol–water partition coefficient (Wildman–Crippen LogP) is 6.89. The zero-order valence-electron chi connectivity index (χ0n) is 31.7. The van der Waals surface area contributed by atoms with Crippen LogP contribution in [0.2, 0.25) is 10.0 Å². The molecule has 0 spiro atoms. The maximum Gasteiger partial charge on any atom is 0.419 e. The second-order valence-corrected chi connectivity index (χ2v) is 16.8. The van der Waals surface area contributed by atoms with E-state index in [-0.39, 0.29) is 46.2 Å². The molecule has 0 aliphatic rings. The van der Waals surface area contributed by atoms with E-state index < -0.39 is 70.9 Å². The highest BCUT2D eigenvalue weighted by Crippen LogP contribution is 2.33. The smallest absolute Gasteiger partial charge is 0.419 e. The first-order valence-electron chi connectivity index (χ1n) is 17.2. The van der Waals surface area contributed by atoms with E-state index in [0.29, 0.717) is 45.8 Å². The standard InChI is InChI=1S/C19H16ClF3N4O4S.C18H13ClF4N4O3S/c1-31-14-3-4-15(20)11(6-14)7-18(28)26-13-2-5-16(17(8-13)32(24,29)30)27-10-12(9-25-27)19(21,22)23;19-14-3-1-12(20)5-10(14)6-17(28)26-13-2-4-15(16(7-13)31(24,29)30)27-9-11(8-25-27)18(21,22)23/h2-6,8-10H,7H2,1H3,(H,26,28)(H2,24,29,30);1-5,7-9H,6H2,(H,26,28)(H2,24,29,30). The number of ether oxygens (including phenoxy) is 1. The number of alkyl halides is 6. The first kappa shape index (κ1) is 48.0. The van der Waals surface area contributed by atoms with Gasteiger partial charge in [0.25, 0.3) is 0 Å². The van der Waals surface area contributed by atoms with Crippen LogP contribution in [0.3, 0.4) is 0 Å². The molecule has 0 aliphatic carbocycles. The molecule has 63 heavy (non-hydrogen) atoms. The number of carbonyl (C=O) groups is 2. The maximum absolute atomic E-state index is 13.3. The molecule has 0 unspecified atom stereocenters. The van der Waals surface area contributed by atoms with Crippen LogP contribution in [0.4, 0.5) is 42.1 Å². The molecule has 6 rings (SSSR count). The molecule has 26 heteroatoms. The van der Waals surface area contributed by atoms with Crippen molar-refractivity contribution in [2.45, 2.75) is 35.0 Å². The molecule has 2 aromatic heterocycles. The fraction of sp³-hybridized carbons (Fsp3) is 0.135. The van der Waals surface area contributed by atoms with Crippen molar-refractivity contribution in [3.05, 3.63) is 136 Å². The summed E-state index contributed by atoms with van der Waals surface area (Å²) in [6.07, 6.45) is -7.46. The van der Waals surface area contributed by atoms with Crippen molar-refractivity contribution in [1.29, 1.82) is 0 Å². The number of benzene rings is 4. The van der Waals surface area contributed by atoms with E-state index in [2.05, 4.69) is 20.8 Å². The van der Waals surface area contributed by atoms with Gasteiger partial charge in [-0.05, 0) is 83.9 Å². The lowest BCUT2D eigenvalue weighted by Crippen LogP contribution is -2.18. The van der Waals surface area contributed by atoms with Crippen molar-refractivity contribution >= 4 is 66.4 Å². The number of nitrogens with zero attached hydrogens (tertiary/aromatic N) is 4. The van der Waals surface area contributed by atoms with Gasteiger partial charge in [-0.15, -0.1) is 0 Å². The molecule has 0 saturated heterocycles. The summed E-state index contributed by atoms with van der Waals surface area (Å²) in [7, 11) is -7.31. The van der Waals surface area contributed by atoms with Gasteiger partial charge in [-0.25, -0.2) is 40.9 Å². The predicted molar refractivity (Wildman–Crippen MR) is 214 cm³/mol. The second-order valence-electron chi connectivity index (χ2n) is 12.9. The number of amides is 2. The Morgan fingerprint density at radius 2 is 1.08 bits per heavy atom. The van der Waals surface area contributed by atoms with E-state index in [1.165, 1.54) is 31.4 Å². The van der Waals surface area contributed by atoms with Gasteiger partial charge in [0, 0.05) is 33.8 Å². The van der Waals surface area contributed by atoms with Crippen LogP contribution in [0.1, 0.15) is 22.3 Å². The van der Waals surface area contributed by atoms with Gasteiger partial charge in [0.2, 0.25) is 31.9 Å². The number of rotatable bonds is 11. The van der Waals surface area contributed by atoms with Gasteiger partial charge in [0.15, 0.2) is 0 Å². The van der Waals surface area contributed by atoms with Gasteiger partial charge in [-0.1, -0.05) is 23.2 Å². The lowest BCUT2D eigenvalue weighted by atomic mass is 10.1. The molecule has 0 radical (unpaired) electrons. The number of hydrogen-bond donors (Lipinski definition) is 4. The SMILES string of the molecule is COc1ccc(Cl)c(CC(=O)Nc2ccc(-n3cc(C(F)(F)F)cn3)c(S(N)(=O)=O)c2)c1.NS(=O)(=O)c1cc(NC(=O)Cc2cc(F)ccc2Cl)ccc1-n1cc(C(F)(F)F)cn1. The molecule has 0 fully saturated rings. The van der Waals surface area contributed by atoms with Crippen LogP contribution < -0.4 is 25.6 Å². The number of hydrogen-bond acceptors (Lipinski definition) is 9. The number of methoxy groups -OCH3 is 1. The third-order valence-electron chi connectivity index (χ3n) is 8.38. The lowest BCUT2D eigenvalue weighted by molar-refractivity contribution is -0.138. The van der Waals surface area contributed by atoms with Crippen molar-refractivity contribution in [3.63, 3.8) is 0 Å². The van der Waals surface area contributed by atoms with Crippen molar-refractivity contribution in [2.75, 3.05) is 17.7 Å². The minimum Gasteiger partial charge on any atom is -0.497 e. The van der Waals surface area contributed by atoms with Crippen LogP contribution in [0.25, 0.3) is 11.4 Å². The Labute approximate surface area is 362 Å². The molecular weight excluding hydrogens is 936 g/mol. The normalized spacial score (nSPS) is 12.0. The third kappa shape index (κ3) is 12.5. The molecular formula is C37H29Cl2F7N8O7S2. The van der Waals surface area contributed by atoms with Crippen molar-refractivity contribution in [3.8, 4) is 17.1 Å². The fourth-order valence-corrected chi connectivity index (χ4v) is 7.33. The molecule has 6 aromatic rings. The van der Waals surface area contributed by atoms with Gasteiger partial charge in [-0.3, -0.25) is 9.59 Å².